The lowest BCUT2D eigenvalue weighted by molar-refractivity contribution is 0.119. The van der Waals surface area contributed by atoms with Crippen LogP contribution in [0.1, 0.15) is 46.0 Å². The second kappa shape index (κ2) is 7.24. The van der Waals surface area contributed by atoms with Crippen molar-refractivity contribution in [3.8, 4) is 0 Å². The molecule has 1 rings (SSSR count). The van der Waals surface area contributed by atoms with Crippen LogP contribution in [0.25, 0.3) is 0 Å². The molecular formula is C13H28N2. The first-order chi connectivity index (χ1) is 7.27. The summed E-state index contributed by atoms with van der Waals surface area (Å²) in [6.07, 6.45) is 6.75. The number of unbranched alkanes of at least 4 members (excludes halogenated alkanes) is 1. The van der Waals surface area contributed by atoms with Gasteiger partial charge < -0.3 is 9.80 Å². The number of hydrogen-bond acceptors (Lipinski definition) is 2. The van der Waals surface area contributed by atoms with Gasteiger partial charge >= 0.3 is 0 Å². The van der Waals surface area contributed by atoms with E-state index in [0.717, 1.165) is 6.04 Å². The summed E-state index contributed by atoms with van der Waals surface area (Å²) in [5.74, 6) is 0. The largest absolute Gasteiger partial charge is 0.306 e. The zero-order valence-electron chi connectivity index (χ0n) is 10.8. The summed E-state index contributed by atoms with van der Waals surface area (Å²) in [7, 11) is 2.24. The van der Waals surface area contributed by atoms with Crippen molar-refractivity contribution in [2.45, 2.75) is 52.0 Å². The summed E-state index contributed by atoms with van der Waals surface area (Å²) < 4.78 is 0. The molecule has 0 spiro atoms. The number of nitrogens with zero attached hydrogens (tertiary/aromatic N) is 2. The Morgan fingerprint density at radius 3 is 2.27 bits per heavy atom. The Labute approximate surface area is 95.6 Å². The van der Waals surface area contributed by atoms with Crippen LogP contribution >= 0.6 is 0 Å². The van der Waals surface area contributed by atoms with Crippen molar-refractivity contribution < 1.29 is 0 Å². The molecule has 1 saturated heterocycles. The molecule has 1 aliphatic rings. The van der Waals surface area contributed by atoms with Crippen LogP contribution in [0.3, 0.4) is 0 Å². The van der Waals surface area contributed by atoms with Crippen LogP contribution < -0.4 is 0 Å². The van der Waals surface area contributed by atoms with Crippen molar-refractivity contribution in [2.75, 3.05) is 33.2 Å². The van der Waals surface area contributed by atoms with Gasteiger partial charge in [-0.3, -0.25) is 0 Å². The second-order valence-electron chi connectivity index (χ2n) is 4.92. The van der Waals surface area contributed by atoms with E-state index in [4.69, 9.17) is 0 Å². The molecule has 0 saturated carbocycles. The Bertz CT molecular complexity index is 151. The highest BCUT2D eigenvalue weighted by molar-refractivity contribution is 4.78. The van der Waals surface area contributed by atoms with Gasteiger partial charge in [-0.05, 0) is 58.9 Å². The summed E-state index contributed by atoms with van der Waals surface area (Å²) in [4.78, 5) is 5.19. The molecule has 1 fully saturated rings. The van der Waals surface area contributed by atoms with Crippen LogP contribution in [0, 0.1) is 0 Å². The maximum Gasteiger partial charge on any atom is 0.0120 e. The van der Waals surface area contributed by atoms with Gasteiger partial charge in [-0.15, -0.1) is 0 Å². The zero-order chi connectivity index (χ0) is 11.1. The van der Waals surface area contributed by atoms with Crippen LogP contribution in [-0.2, 0) is 0 Å². The summed E-state index contributed by atoms with van der Waals surface area (Å²) in [6, 6.07) is 0.868. The van der Waals surface area contributed by atoms with E-state index in [1.54, 1.807) is 0 Å². The molecule has 0 bridgehead atoms. The first-order valence-electron chi connectivity index (χ1n) is 6.70. The van der Waals surface area contributed by atoms with Crippen molar-refractivity contribution in [1.82, 2.24) is 9.80 Å². The van der Waals surface area contributed by atoms with Crippen LogP contribution in [0.4, 0.5) is 0 Å². The lowest BCUT2D eigenvalue weighted by atomic mass is 10.0. The molecule has 0 aromatic rings. The third-order valence-electron chi connectivity index (χ3n) is 3.51. The smallest absolute Gasteiger partial charge is 0.0120 e. The highest BCUT2D eigenvalue weighted by atomic mass is 15.2. The maximum absolute atomic E-state index is 2.73. The molecular weight excluding hydrogens is 184 g/mol. The molecule has 0 aliphatic carbocycles. The molecule has 15 heavy (non-hydrogen) atoms. The molecule has 1 aliphatic heterocycles. The van der Waals surface area contributed by atoms with Crippen molar-refractivity contribution in [3.05, 3.63) is 0 Å². The molecule has 1 heterocycles. The SMILES string of the molecule is CCCCN(CCC)C1CCN(C)CC1. The molecule has 2 heteroatoms. The fourth-order valence-corrected chi connectivity index (χ4v) is 2.49. The van der Waals surface area contributed by atoms with Gasteiger partial charge in [0.25, 0.3) is 0 Å². The average Bonchev–Trinajstić information content (AvgIpc) is 2.25. The lowest BCUT2D eigenvalue weighted by Gasteiger charge is -2.37. The van der Waals surface area contributed by atoms with Crippen LogP contribution in [-0.4, -0.2) is 49.1 Å². The number of piperidine rings is 1. The van der Waals surface area contributed by atoms with Crippen LogP contribution in [0.5, 0.6) is 0 Å². The van der Waals surface area contributed by atoms with E-state index in [2.05, 4.69) is 30.7 Å². The standard InChI is InChI=1S/C13H28N2/c1-4-6-10-15(9-5-2)13-7-11-14(3)12-8-13/h13H,4-12H2,1-3H3. The van der Waals surface area contributed by atoms with Gasteiger partial charge in [0.2, 0.25) is 0 Å². The van der Waals surface area contributed by atoms with Crippen molar-refractivity contribution in [3.63, 3.8) is 0 Å². The fourth-order valence-electron chi connectivity index (χ4n) is 2.49. The van der Waals surface area contributed by atoms with Crippen LogP contribution in [0.15, 0.2) is 0 Å². The summed E-state index contributed by atoms with van der Waals surface area (Å²) in [6.45, 7) is 9.79. The molecule has 0 atom stereocenters. The van der Waals surface area contributed by atoms with E-state index in [9.17, 15) is 0 Å². The van der Waals surface area contributed by atoms with Gasteiger partial charge in [-0.1, -0.05) is 20.3 Å². The minimum atomic E-state index is 0.868. The minimum Gasteiger partial charge on any atom is -0.306 e. The van der Waals surface area contributed by atoms with E-state index >= 15 is 0 Å². The monoisotopic (exact) mass is 212 g/mol. The van der Waals surface area contributed by atoms with E-state index < -0.39 is 0 Å². The molecule has 90 valence electrons. The Balaban J connectivity index is 2.33. The van der Waals surface area contributed by atoms with Gasteiger partial charge in [-0.2, -0.15) is 0 Å². The average molecular weight is 212 g/mol. The Morgan fingerprint density at radius 2 is 1.73 bits per heavy atom. The predicted molar refractivity (Wildman–Crippen MR) is 67.3 cm³/mol. The quantitative estimate of drug-likeness (QED) is 0.668. The van der Waals surface area contributed by atoms with Crippen LogP contribution in [0.2, 0.25) is 0 Å². The molecule has 0 radical (unpaired) electrons. The molecule has 0 unspecified atom stereocenters. The lowest BCUT2D eigenvalue weighted by Crippen LogP contribution is -2.44. The maximum atomic E-state index is 2.73. The topological polar surface area (TPSA) is 6.48 Å². The van der Waals surface area contributed by atoms with Crippen molar-refractivity contribution in [2.24, 2.45) is 0 Å². The second-order valence-corrected chi connectivity index (χ2v) is 4.92. The van der Waals surface area contributed by atoms with E-state index in [0.29, 0.717) is 0 Å². The number of likely N-dealkylation sites (tertiary alicyclic amines) is 1. The molecule has 0 N–H and O–H groups in total. The Morgan fingerprint density at radius 1 is 1.07 bits per heavy atom. The third kappa shape index (κ3) is 4.52. The first kappa shape index (κ1) is 13.0. The van der Waals surface area contributed by atoms with Gasteiger partial charge in [0, 0.05) is 6.04 Å². The molecule has 0 aromatic heterocycles. The molecule has 0 aromatic carbocycles. The highest BCUT2D eigenvalue weighted by Crippen LogP contribution is 2.16. The van der Waals surface area contributed by atoms with Gasteiger partial charge in [0.1, 0.15) is 0 Å². The Kier molecular flexibility index (Phi) is 6.26. The summed E-state index contributed by atoms with van der Waals surface area (Å²) in [5.41, 5.74) is 0. The van der Waals surface area contributed by atoms with Gasteiger partial charge in [-0.25, -0.2) is 0 Å². The normalized spacial score (nSPS) is 20.0. The summed E-state index contributed by atoms with van der Waals surface area (Å²) in [5, 5.41) is 0. The van der Waals surface area contributed by atoms with Crippen molar-refractivity contribution in [1.29, 1.82) is 0 Å². The van der Waals surface area contributed by atoms with Gasteiger partial charge in [0.05, 0.1) is 0 Å². The fraction of sp³-hybridized carbons (Fsp3) is 1.00. The van der Waals surface area contributed by atoms with E-state index in [1.165, 1.54) is 58.3 Å². The summed E-state index contributed by atoms with van der Waals surface area (Å²) >= 11 is 0. The first-order valence-corrected chi connectivity index (χ1v) is 6.70. The minimum absolute atomic E-state index is 0.868. The Hall–Kier alpha value is -0.0800. The predicted octanol–water partition coefficient (Wildman–Crippen LogP) is 2.59. The van der Waals surface area contributed by atoms with E-state index in [1.807, 2.05) is 0 Å². The number of rotatable bonds is 6. The van der Waals surface area contributed by atoms with Crippen molar-refractivity contribution >= 4 is 0 Å². The molecule has 2 nitrogen and oxygen atoms in total. The molecule has 0 amide bonds. The third-order valence-corrected chi connectivity index (χ3v) is 3.51. The van der Waals surface area contributed by atoms with Gasteiger partial charge in [0.15, 0.2) is 0 Å². The highest BCUT2D eigenvalue weighted by Gasteiger charge is 2.21. The zero-order valence-corrected chi connectivity index (χ0v) is 10.8. The number of hydrogen-bond donors (Lipinski definition) is 0. The van der Waals surface area contributed by atoms with E-state index in [-0.39, 0.29) is 0 Å².